The van der Waals surface area contributed by atoms with Crippen LogP contribution in [0, 0.1) is 0 Å². The summed E-state index contributed by atoms with van der Waals surface area (Å²) in [5, 5.41) is 6.43. The number of sulfone groups is 1. The zero-order valence-electron chi connectivity index (χ0n) is 14.8. The average molecular weight is 467 g/mol. The van der Waals surface area contributed by atoms with Crippen LogP contribution in [0.5, 0.6) is 0 Å². The van der Waals surface area contributed by atoms with Crippen molar-refractivity contribution in [2.24, 2.45) is 4.99 Å². The quantitative estimate of drug-likeness (QED) is 0.253. The molecule has 7 heteroatoms. The molecule has 24 heavy (non-hydrogen) atoms. The van der Waals surface area contributed by atoms with Gasteiger partial charge in [0.2, 0.25) is 0 Å². The highest BCUT2D eigenvalue weighted by atomic mass is 127. The van der Waals surface area contributed by atoms with E-state index < -0.39 is 9.84 Å². The third kappa shape index (κ3) is 8.32. The summed E-state index contributed by atoms with van der Waals surface area (Å²) in [5.74, 6) is 0.752. The maximum atomic E-state index is 12.5. The Morgan fingerprint density at radius 2 is 1.83 bits per heavy atom. The Labute approximate surface area is 163 Å². The van der Waals surface area contributed by atoms with Crippen LogP contribution >= 0.6 is 24.0 Å². The van der Waals surface area contributed by atoms with Gasteiger partial charge in [0.25, 0.3) is 0 Å². The number of rotatable bonds is 9. The molecule has 1 unspecified atom stereocenters. The van der Waals surface area contributed by atoms with Gasteiger partial charge in [-0.25, -0.2) is 8.42 Å². The Morgan fingerprint density at radius 3 is 2.38 bits per heavy atom. The molecule has 0 heterocycles. The van der Waals surface area contributed by atoms with E-state index in [0.29, 0.717) is 17.3 Å². The molecule has 0 saturated carbocycles. The summed E-state index contributed by atoms with van der Waals surface area (Å²) in [5.41, 5.74) is 0. The van der Waals surface area contributed by atoms with E-state index >= 15 is 0 Å². The first-order valence-corrected chi connectivity index (χ1v) is 10.0. The van der Waals surface area contributed by atoms with E-state index in [4.69, 9.17) is 0 Å². The molecule has 1 rings (SSSR count). The second kappa shape index (κ2) is 12.5. The van der Waals surface area contributed by atoms with Gasteiger partial charge < -0.3 is 10.6 Å². The molecule has 5 nitrogen and oxygen atoms in total. The van der Waals surface area contributed by atoms with Crippen LogP contribution in [0.3, 0.4) is 0 Å². The van der Waals surface area contributed by atoms with Gasteiger partial charge in [-0.1, -0.05) is 38.5 Å². The van der Waals surface area contributed by atoms with Crippen LogP contribution < -0.4 is 10.6 Å². The van der Waals surface area contributed by atoms with Gasteiger partial charge in [-0.3, -0.25) is 4.99 Å². The summed E-state index contributed by atoms with van der Waals surface area (Å²) < 4.78 is 25.0. The second-order valence-corrected chi connectivity index (χ2v) is 7.49. The summed E-state index contributed by atoms with van der Waals surface area (Å²) in [7, 11) is -3.30. The molecular formula is C17H30IN3O2S. The van der Waals surface area contributed by atoms with Gasteiger partial charge in [0.05, 0.1) is 10.6 Å². The molecule has 0 fully saturated rings. The minimum atomic E-state index is -3.30. The fourth-order valence-corrected chi connectivity index (χ4v) is 3.73. The zero-order chi connectivity index (χ0) is 17.1. The van der Waals surface area contributed by atoms with Crippen molar-refractivity contribution in [3.05, 3.63) is 30.3 Å². The number of hydrogen-bond acceptors (Lipinski definition) is 3. The predicted octanol–water partition coefficient (Wildman–Crippen LogP) is 3.21. The van der Waals surface area contributed by atoms with E-state index in [2.05, 4.69) is 22.5 Å². The largest absolute Gasteiger partial charge is 0.357 e. The molecule has 0 aliphatic rings. The van der Waals surface area contributed by atoms with Gasteiger partial charge in [0.15, 0.2) is 15.8 Å². The van der Waals surface area contributed by atoms with Gasteiger partial charge in [0.1, 0.15) is 0 Å². The summed E-state index contributed by atoms with van der Waals surface area (Å²) in [6.45, 7) is 7.59. The lowest BCUT2D eigenvalue weighted by atomic mass is 10.2. The lowest BCUT2D eigenvalue weighted by Gasteiger charge is -2.20. The zero-order valence-corrected chi connectivity index (χ0v) is 17.9. The van der Waals surface area contributed by atoms with Crippen molar-refractivity contribution in [2.45, 2.75) is 51.0 Å². The Hall–Kier alpha value is -0.830. The van der Waals surface area contributed by atoms with Gasteiger partial charge in [0, 0.05) is 19.1 Å². The number of halogens is 1. The highest BCUT2D eigenvalue weighted by Gasteiger charge is 2.20. The molecule has 138 valence electrons. The monoisotopic (exact) mass is 467 g/mol. The maximum absolute atomic E-state index is 12.5. The first-order chi connectivity index (χ1) is 11.0. The molecular weight excluding hydrogens is 437 g/mol. The third-order valence-corrected chi connectivity index (χ3v) is 5.31. The van der Waals surface area contributed by atoms with Crippen LogP contribution in [0.1, 0.15) is 40.0 Å². The second-order valence-electron chi connectivity index (χ2n) is 5.46. The van der Waals surface area contributed by atoms with Crippen LogP contribution in [0.25, 0.3) is 0 Å². The van der Waals surface area contributed by atoms with Gasteiger partial charge in [-0.2, -0.15) is 0 Å². The Bertz CT molecular complexity index is 577. The summed E-state index contributed by atoms with van der Waals surface area (Å²) in [6, 6.07) is 8.43. The summed E-state index contributed by atoms with van der Waals surface area (Å²) >= 11 is 0. The highest BCUT2D eigenvalue weighted by Crippen LogP contribution is 2.12. The maximum Gasteiger partial charge on any atom is 0.191 e. The number of nitrogens with zero attached hydrogens (tertiary/aromatic N) is 1. The van der Waals surface area contributed by atoms with E-state index in [1.807, 2.05) is 19.9 Å². The number of benzene rings is 1. The van der Waals surface area contributed by atoms with Crippen LogP contribution in [-0.4, -0.2) is 39.3 Å². The van der Waals surface area contributed by atoms with Crippen molar-refractivity contribution in [3.63, 3.8) is 0 Å². The van der Waals surface area contributed by atoms with Gasteiger partial charge in [-0.15, -0.1) is 24.0 Å². The Balaban J connectivity index is 0.00000529. The van der Waals surface area contributed by atoms with Crippen molar-refractivity contribution in [1.82, 2.24) is 10.6 Å². The normalized spacial score (nSPS) is 13.0. The number of aliphatic imine (C=N–C) groups is 1. The summed E-state index contributed by atoms with van der Waals surface area (Å²) in [6.07, 6.45) is 2.82. The molecule has 0 aliphatic heterocycles. The first kappa shape index (κ1) is 23.2. The molecule has 1 aromatic rings. The van der Waals surface area contributed by atoms with E-state index in [1.165, 1.54) is 0 Å². The lowest BCUT2D eigenvalue weighted by molar-refractivity contribution is 0.568. The van der Waals surface area contributed by atoms with Crippen LogP contribution in [0.2, 0.25) is 0 Å². The SMILES string of the molecule is CCCCN=C(NCC)NC(CC)CS(=O)(=O)c1ccccc1.I. The van der Waals surface area contributed by atoms with E-state index in [0.717, 1.165) is 25.9 Å². The van der Waals surface area contributed by atoms with Gasteiger partial charge >= 0.3 is 0 Å². The van der Waals surface area contributed by atoms with Crippen LogP contribution in [-0.2, 0) is 9.84 Å². The summed E-state index contributed by atoms with van der Waals surface area (Å²) in [4.78, 5) is 4.86. The molecule has 1 aromatic carbocycles. The number of unbranched alkanes of at least 4 members (excludes halogenated alkanes) is 1. The first-order valence-electron chi connectivity index (χ1n) is 8.36. The third-order valence-electron chi connectivity index (χ3n) is 3.48. The molecule has 0 radical (unpaired) electrons. The topological polar surface area (TPSA) is 70.6 Å². The van der Waals surface area contributed by atoms with Crippen molar-refractivity contribution >= 4 is 39.8 Å². The molecule has 0 saturated heterocycles. The van der Waals surface area contributed by atoms with E-state index in [1.54, 1.807) is 24.3 Å². The minimum absolute atomic E-state index is 0. The van der Waals surface area contributed by atoms with E-state index in [9.17, 15) is 8.42 Å². The molecule has 0 aromatic heterocycles. The highest BCUT2D eigenvalue weighted by molar-refractivity contribution is 14.0. The van der Waals surface area contributed by atoms with E-state index in [-0.39, 0.29) is 35.8 Å². The van der Waals surface area contributed by atoms with Crippen molar-refractivity contribution in [1.29, 1.82) is 0 Å². The molecule has 0 aliphatic carbocycles. The number of nitrogens with one attached hydrogen (secondary N) is 2. The molecule has 0 amide bonds. The lowest BCUT2D eigenvalue weighted by Crippen LogP contribution is -2.46. The molecule has 0 bridgehead atoms. The number of guanidine groups is 1. The van der Waals surface area contributed by atoms with Crippen LogP contribution in [0.4, 0.5) is 0 Å². The Kier molecular flexibility index (Phi) is 12.1. The molecule has 2 N–H and O–H groups in total. The average Bonchev–Trinajstić information content (AvgIpc) is 2.55. The number of hydrogen-bond donors (Lipinski definition) is 2. The fraction of sp³-hybridized carbons (Fsp3) is 0.588. The van der Waals surface area contributed by atoms with Gasteiger partial charge in [-0.05, 0) is 31.9 Å². The standard InChI is InChI=1S/C17H29N3O2S.HI/c1-4-7-13-19-17(18-6-3)20-15(5-2)14-23(21,22)16-11-9-8-10-12-16;/h8-12,15H,4-7,13-14H2,1-3H3,(H2,18,19,20);1H. The minimum Gasteiger partial charge on any atom is -0.357 e. The smallest absolute Gasteiger partial charge is 0.191 e. The predicted molar refractivity (Wildman–Crippen MR) is 112 cm³/mol. The van der Waals surface area contributed by atoms with Crippen LogP contribution in [0.15, 0.2) is 40.2 Å². The molecule has 1 atom stereocenters. The van der Waals surface area contributed by atoms with Crippen molar-refractivity contribution in [3.8, 4) is 0 Å². The molecule has 0 spiro atoms. The van der Waals surface area contributed by atoms with Crippen molar-refractivity contribution in [2.75, 3.05) is 18.8 Å². The van der Waals surface area contributed by atoms with Crippen molar-refractivity contribution < 1.29 is 8.42 Å². The Morgan fingerprint density at radius 1 is 1.17 bits per heavy atom. The fourth-order valence-electron chi connectivity index (χ4n) is 2.11.